The lowest BCUT2D eigenvalue weighted by atomic mass is 10.0. The topological polar surface area (TPSA) is 56.3 Å². The molecule has 0 radical (unpaired) electrons. The van der Waals surface area contributed by atoms with Gasteiger partial charge in [-0.2, -0.15) is 0 Å². The molecule has 4 aromatic rings. The molecule has 2 heterocycles. The number of carbonyl (C=O) groups is 2. The third kappa shape index (κ3) is 3.86. The quantitative estimate of drug-likeness (QED) is 0.270. The molecule has 1 unspecified atom stereocenters. The number of pyridine rings is 1. The van der Waals surface area contributed by atoms with Crippen molar-refractivity contribution >= 4 is 45.6 Å². The Hall–Kier alpha value is -3.02. The number of hydrogen-bond donors (Lipinski definition) is 0. The summed E-state index contributed by atoms with van der Waals surface area (Å²) in [5.41, 5.74) is 2.95. The van der Waals surface area contributed by atoms with Crippen LogP contribution in [0.25, 0.3) is 21.5 Å². The second kappa shape index (κ2) is 8.38. The molecule has 0 fully saturated rings. The van der Waals surface area contributed by atoms with Crippen LogP contribution in [0.3, 0.4) is 0 Å². The van der Waals surface area contributed by atoms with E-state index in [1.165, 1.54) is 11.3 Å². The van der Waals surface area contributed by atoms with E-state index in [0.29, 0.717) is 32.7 Å². The number of halogens is 1. The van der Waals surface area contributed by atoms with E-state index in [1.807, 2.05) is 30.5 Å². The number of fused-ring (bicyclic) bond motifs is 1. The van der Waals surface area contributed by atoms with Crippen LogP contribution < -0.4 is 0 Å². The van der Waals surface area contributed by atoms with E-state index in [2.05, 4.69) is 0 Å². The highest BCUT2D eigenvalue weighted by Crippen LogP contribution is 2.32. The van der Waals surface area contributed by atoms with Gasteiger partial charge >= 0.3 is 5.97 Å². The van der Waals surface area contributed by atoms with Crippen LogP contribution in [-0.4, -0.2) is 22.8 Å². The van der Waals surface area contributed by atoms with Gasteiger partial charge in [0.1, 0.15) is 0 Å². The summed E-state index contributed by atoms with van der Waals surface area (Å²) in [6.45, 7) is 3.45. The van der Waals surface area contributed by atoms with Crippen molar-refractivity contribution in [2.45, 2.75) is 20.0 Å². The second-order valence-electron chi connectivity index (χ2n) is 6.88. The highest BCUT2D eigenvalue weighted by molar-refractivity contribution is 7.13. The summed E-state index contributed by atoms with van der Waals surface area (Å²) in [5, 5.41) is 3.16. The zero-order valence-corrected chi connectivity index (χ0v) is 18.0. The van der Waals surface area contributed by atoms with Crippen LogP contribution in [0.5, 0.6) is 0 Å². The van der Waals surface area contributed by atoms with Crippen LogP contribution in [0.4, 0.5) is 0 Å². The number of benzene rings is 2. The van der Waals surface area contributed by atoms with Gasteiger partial charge in [-0.05, 0) is 43.0 Å². The van der Waals surface area contributed by atoms with Crippen molar-refractivity contribution < 1.29 is 14.3 Å². The van der Waals surface area contributed by atoms with Gasteiger partial charge in [0.25, 0.3) is 0 Å². The number of Topliss-reactive ketones (excluding diaryl/α,β-unsaturated/α-hetero) is 1. The Morgan fingerprint density at radius 3 is 2.53 bits per heavy atom. The third-order valence-corrected chi connectivity index (χ3v) is 6.18. The van der Waals surface area contributed by atoms with Crippen molar-refractivity contribution in [1.29, 1.82) is 0 Å². The molecule has 0 aliphatic heterocycles. The van der Waals surface area contributed by atoms with Gasteiger partial charge in [0.15, 0.2) is 6.10 Å². The van der Waals surface area contributed by atoms with Crippen molar-refractivity contribution in [3.63, 3.8) is 0 Å². The summed E-state index contributed by atoms with van der Waals surface area (Å²) in [5.74, 6) is -0.821. The third-order valence-electron chi connectivity index (χ3n) is 4.87. The van der Waals surface area contributed by atoms with Gasteiger partial charge in [0.2, 0.25) is 5.78 Å². The van der Waals surface area contributed by atoms with Crippen molar-refractivity contribution in [2.75, 3.05) is 0 Å². The molecule has 150 valence electrons. The van der Waals surface area contributed by atoms with Crippen LogP contribution in [-0.2, 0) is 4.74 Å². The van der Waals surface area contributed by atoms with Gasteiger partial charge in [-0.1, -0.05) is 54.1 Å². The largest absolute Gasteiger partial charge is 0.451 e. The Kier molecular flexibility index (Phi) is 5.66. The molecule has 4 nitrogen and oxygen atoms in total. The number of aryl methyl sites for hydroxylation is 1. The molecule has 0 N–H and O–H groups in total. The molecule has 2 aromatic heterocycles. The highest BCUT2D eigenvalue weighted by Gasteiger charge is 2.23. The van der Waals surface area contributed by atoms with Gasteiger partial charge < -0.3 is 4.74 Å². The van der Waals surface area contributed by atoms with E-state index in [1.54, 1.807) is 49.4 Å². The summed E-state index contributed by atoms with van der Waals surface area (Å²) >= 11 is 7.82. The summed E-state index contributed by atoms with van der Waals surface area (Å²) in [4.78, 5) is 31.4. The fourth-order valence-corrected chi connectivity index (χ4v) is 4.08. The first-order valence-electron chi connectivity index (χ1n) is 9.39. The van der Waals surface area contributed by atoms with Crippen LogP contribution in [0, 0.1) is 6.92 Å². The van der Waals surface area contributed by atoms with Crippen molar-refractivity contribution in [3.05, 3.63) is 87.8 Å². The average molecular weight is 436 g/mol. The fourth-order valence-electron chi connectivity index (χ4n) is 3.24. The normalized spacial score (nSPS) is 12.0. The molecule has 0 saturated carbocycles. The predicted octanol–water partition coefficient (Wildman–Crippen LogP) is 6.35. The van der Waals surface area contributed by atoms with E-state index in [4.69, 9.17) is 21.3 Å². The van der Waals surface area contributed by atoms with E-state index < -0.39 is 12.1 Å². The SMILES string of the molecule is Cc1c(Cl)ccc2c(C(=O)OC(C)C(=O)c3ccccc3)cc(-c3cccs3)nc12. The number of carbonyl (C=O) groups excluding carboxylic acids is 2. The molecule has 4 rings (SSSR count). The molecule has 2 aromatic carbocycles. The summed E-state index contributed by atoms with van der Waals surface area (Å²) in [6.07, 6.45) is -0.915. The van der Waals surface area contributed by atoms with Crippen LogP contribution in [0.2, 0.25) is 5.02 Å². The summed E-state index contributed by atoms with van der Waals surface area (Å²) in [7, 11) is 0. The van der Waals surface area contributed by atoms with Gasteiger partial charge in [-0.3, -0.25) is 4.79 Å². The standard InChI is InChI=1S/C24H18ClNO3S/c1-14-19(25)11-10-17-18(13-20(26-22(14)17)21-9-6-12-30-21)24(28)29-15(2)23(27)16-7-4-3-5-8-16/h3-13,15H,1-2H3. The van der Waals surface area contributed by atoms with Gasteiger partial charge in [-0.25, -0.2) is 9.78 Å². The minimum atomic E-state index is -0.915. The highest BCUT2D eigenvalue weighted by atomic mass is 35.5. The van der Waals surface area contributed by atoms with Crippen LogP contribution in [0.1, 0.15) is 33.2 Å². The number of esters is 1. The lowest BCUT2D eigenvalue weighted by Crippen LogP contribution is -2.24. The molecule has 0 amide bonds. The predicted molar refractivity (Wildman–Crippen MR) is 120 cm³/mol. The Labute approximate surface area is 183 Å². The van der Waals surface area contributed by atoms with Crippen LogP contribution in [0.15, 0.2) is 66.0 Å². The van der Waals surface area contributed by atoms with Crippen molar-refractivity contribution in [1.82, 2.24) is 4.98 Å². The van der Waals surface area contributed by atoms with Gasteiger partial charge in [0.05, 0.1) is 21.7 Å². The molecule has 0 aliphatic rings. The number of hydrogen-bond acceptors (Lipinski definition) is 5. The summed E-state index contributed by atoms with van der Waals surface area (Å²) in [6, 6.07) is 17.9. The number of aromatic nitrogens is 1. The van der Waals surface area contributed by atoms with Crippen molar-refractivity contribution in [3.8, 4) is 10.6 Å². The molecule has 6 heteroatoms. The first-order valence-corrected chi connectivity index (χ1v) is 10.7. The lowest BCUT2D eigenvalue weighted by Gasteiger charge is -2.15. The van der Waals surface area contributed by atoms with Crippen LogP contribution >= 0.6 is 22.9 Å². The van der Waals surface area contributed by atoms with E-state index >= 15 is 0 Å². The fraction of sp³-hybridized carbons (Fsp3) is 0.125. The maximum atomic E-state index is 13.1. The minimum absolute atomic E-state index is 0.250. The van der Waals surface area contributed by atoms with Gasteiger partial charge in [-0.15, -0.1) is 11.3 Å². The van der Waals surface area contributed by atoms with E-state index in [9.17, 15) is 9.59 Å². The molecule has 1 atom stereocenters. The van der Waals surface area contributed by atoms with E-state index in [0.717, 1.165) is 10.4 Å². The van der Waals surface area contributed by atoms with E-state index in [-0.39, 0.29) is 5.78 Å². The Bertz CT molecular complexity index is 1240. The molecular weight excluding hydrogens is 418 g/mol. The monoisotopic (exact) mass is 435 g/mol. The molecule has 0 saturated heterocycles. The second-order valence-corrected chi connectivity index (χ2v) is 8.23. The number of thiophene rings is 1. The Balaban J connectivity index is 1.74. The van der Waals surface area contributed by atoms with Gasteiger partial charge in [0, 0.05) is 16.0 Å². The zero-order chi connectivity index (χ0) is 21.3. The zero-order valence-electron chi connectivity index (χ0n) is 16.4. The number of rotatable bonds is 5. The molecule has 0 bridgehead atoms. The number of ether oxygens (including phenoxy) is 1. The van der Waals surface area contributed by atoms with Crippen molar-refractivity contribution in [2.24, 2.45) is 0 Å². The maximum absolute atomic E-state index is 13.1. The maximum Gasteiger partial charge on any atom is 0.339 e. The smallest absolute Gasteiger partial charge is 0.339 e. The molecule has 0 spiro atoms. The molecule has 30 heavy (non-hydrogen) atoms. The summed E-state index contributed by atoms with van der Waals surface area (Å²) < 4.78 is 5.56. The average Bonchev–Trinajstić information content (AvgIpc) is 3.30. The number of ketones is 1. The Morgan fingerprint density at radius 1 is 1.07 bits per heavy atom. The number of nitrogens with zero attached hydrogens (tertiary/aromatic N) is 1. The lowest BCUT2D eigenvalue weighted by molar-refractivity contribution is 0.0320. The molecular formula is C24H18ClNO3S. The first-order chi connectivity index (χ1) is 14.5. The Morgan fingerprint density at radius 2 is 1.83 bits per heavy atom. The molecule has 0 aliphatic carbocycles. The minimum Gasteiger partial charge on any atom is -0.451 e. The first kappa shape index (κ1) is 20.3.